The lowest BCUT2D eigenvalue weighted by Gasteiger charge is -2.12. The first-order valence-corrected chi connectivity index (χ1v) is 7.33. The van der Waals surface area contributed by atoms with Gasteiger partial charge in [0.15, 0.2) is 0 Å². The lowest BCUT2D eigenvalue weighted by molar-refractivity contribution is -0.137. The number of hydrogen-bond donors (Lipinski definition) is 2. The van der Waals surface area contributed by atoms with Crippen molar-refractivity contribution in [2.75, 3.05) is 23.9 Å². The number of aromatic nitrogens is 1. The Hall–Kier alpha value is -1.89. The Balaban J connectivity index is 2.29. The first-order valence-electron chi connectivity index (χ1n) is 6.10. The lowest BCUT2D eigenvalue weighted by Crippen LogP contribution is -2.08. The predicted octanol–water partition coefficient (Wildman–Crippen LogP) is 4.61. The Morgan fingerprint density at radius 1 is 1.05 bits per heavy atom. The predicted molar refractivity (Wildman–Crippen MR) is 80.3 cm³/mol. The van der Waals surface area contributed by atoms with Gasteiger partial charge in [0, 0.05) is 17.6 Å². The van der Waals surface area contributed by atoms with Crippen LogP contribution in [0.2, 0.25) is 0 Å². The molecule has 0 unspecified atom stereocenters. The zero-order valence-corrected chi connectivity index (χ0v) is 12.3. The standard InChI is InChI=1S/C14H14F3N3S/c1-18-12-7-9(14(15,16)17)8-13(20-12)19-10-3-5-11(21-2)6-4-10/h3-8H,1-2H3,(H2,18,19,20). The van der Waals surface area contributed by atoms with Crippen LogP contribution in [0.25, 0.3) is 0 Å². The molecule has 112 valence electrons. The molecule has 7 heteroatoms. The summed E-state index contributed by atoms with van der Waals surface area (Å²) in [5, 5.41) is 5.51. The summed E-state index contributed by atoms with van der Waals surface area (Å²) < 4.78 is 38.5. The first-order chi connectivity index (χ1) is 9.92. The summed E-state index contributed by atoms with van der Waals surface area (Å²) in [7, 11) is 1.53. The molecule has 0 saturated heterocycles. The molecule has 1 aromatic carbocycles. The number of alkyl halides is 3. The first kappa shape index (κ1) is 15.5. The van der Waals surface area contributed by atoms with Crippen LogP contribution >= 0.6 is 11.8 Å². The summed E-state index contributed by atoms with van der Waals surface area (Å²) in [6.07, 6.45) is -2.45. The van der Waals surface area contributed by atoms with Crippen molar-refractivity contribution in [2.24, 2.45) is 0 Å². The SMILES string of the molecule is CNc1cc(C(F)(F)F)cc(Nc2ccc(SC)cc2)n1. The van der Waals surface area contributed by atoms with E-state index < -0.39 is 11.7 Å². The summed E-state index contributed by atoms with van der Waals surface area (Å²) in [6, 6.07) is 9.34. The number of nitrogens with one attached hydrogen (secondary N) is 2. The zero-order chi connectivity index (χ0) is 15.5. The van der Waals surface area contributed by atoms with Crippen LogP contribution in [-0.2, 0) is 6.18 Å². The molecule has 0 aliphatic rings. The van der Waals surface area contributed by atoms with Crippen LogP contribution in [0.4, 0.5) is 30.5 Å². The van der Waals surface area contributed by atoms with Gasteiger partial charge in [-0.3, -0.25) is 0 Å². The Labute approximate surface area is 125 Å². The van der Waals surface area contributed by atoms with Crippen LogP contribution in [0.3, 0.4) is 0 Å². The average Bonchev–Trinajstić information content (AvgIpc) is 2.46. The third-order valence-corrected chi connectivity index (χ3v) is 3.51. The van der Waals surface area contributed by atoms with E-state index in [0.717, 1.165) is 17.0 Å². The van der Waals surface area contributed by atoms with Crippen LogP contribution in [0, 0.1) is 0 Å². The molecule has 2 N–H and O–H groups in total. The summed E-state index contributed by atoms with van der Waals surface area (Å²) >= 11 is 1.59. The van der Waals surface area contributed by atoms with E-state index in [2.05, 4.69) is 15.6 Å². The molecule has 0 saturated carbocycles. The molecule has 21 heavy (non-hydrogen) atoms. The number of nitrogens with zero attached hydrogens (tertiary/aromatic N) is 1. The molecule has 2 aromatic rings. The molecule has 3 nitrogen and oxygen atoms in total. The van der Waals surface area contributed by atoms with E-state index in [0.29, 0.717) is 5.69 Å². The average molecular weight is 313 g/mol. The van der Waals surface area contributed by atoms with Crippen LogP contribution in [0.5, 0.6) is 0 Å². The molecular formula is C14H14F3N3S. The fourth-order valence-electron chi connectivity index (χ4n) is 1.71. The fourth-order valence-corrected chi connectivity index (χ4v) is 2.12. The molecule has 0 atom stereocenters. The maximum atomic E-state index is 12.8. The maximum absolute atomic E-state index is 12.8. The number of benzene rings is 1. The Morgan fingerprint density at radius 3 is 2.19 bits per heavy atom. The Morgan fingerprint density at radius 2 is 1.67 bits per heavy atom. The number of thioether (sulfide) groups is 1. The van der Waals surface area contributed by atoms with E-state index in [1.165, 1.54) is 7.05 Å². The minimum Gasteiger partial charge on any atom is -0.373 e. The number of halogens is 3. The lowest BCUT2D eigenvalue weighted by atomic mass is 10.2. The van der Waals surface area contributed by atoms with Gasteiger partial charge in [0.05, 0.1) is 5.56 Å². The van der Waals surface area contributed by atoms with Crippen molar-refractivity contribution in [3.8, 4) is 0 Å². The van der Waals surface area contributed by atoms with Crippen LogP contribution in [0.15, 0.2) is 41.3 Å². The van der Waals surface area contributed by atoms with Crippen LogP contribution < -0.4 is 10.6 Å². The van der Waals surface area contributed by atoms with Gasteiger partial charge >= 0.3 is 6.18 Å². The third-order valence-electron chi connectivity index (χ3n) is 2.77. The van der Waals surface area contributed by atoms with Crippen molar-refractivity contribution < 1.29 is 13.2 Å². The largest absolute Gasteiger partial charge is 0.416 e. The number of rotatable bonds is 4. The summed E-state index contributed by atoms with van der Waals surface area (Å²) in [6.45, 7) is 0. The molecule has 0 amide bonds. The van der Waals surface area contributed by atoms with E-state index in [4.69, 9.17) is 0 Å². The Kier molecular flexibility index (Phi) is 4.62. The van der Waals surface area contributed by atoms with Crippen molar-refractivity contribution in [1.29, 1.82) is 0 Å². The van der Waals surface area contributed by atoms with E-state index in [9.17, 15) is 13.2 Å². The molecule has 0 bridgehead atoms. The zero-order valence-electron chi connectivity index (χ0n) is 11.5. The Bertz CT molecular complexity index is 612. The summed E-state index contributed by atoms with van der Waals surface area (Å²) in [4.78, 5) is 5.15. The van der Waals surface area contributed by atoms with Gasteiger partial charge in [-0.25, -0.2) is 4.98 Å². The van der Waals surface area contributed by atoms with Gasteiger partial charge in [-0.2, -0.15) is 13.2 Å². The second-order valence-electron chi connectivity index (χ2n) is 4.23. The van der Waals surface area contributed by atoms with Gasteiger partial charge in [0.25, 0.3) is 0 Å². The van der Waals surface area contributed by atoms with Gasteiger partial charge in [-0.15, -0.1) is 11.8 Å². The van der Waals surface area contributed by atoms with E-state index in [-0.39, 0.29) is 11.6 Å². The van der Waals surface area contributed by atoms with Crippen molar-refractivity contribution >= 4 is 29.1 Å². The normalized spacial score (nSPS) is 11.3. The molecule has 0 spiro atoms. The van der Waals surface area contributed by atoms with Crippen molar-refractivity contribution in [1.82, 2.24) is 4.98 Å². The van der Waals surface area contributed by atoms with Gasteiger partial charge < -0.3 is 10.6 Å². The third kappa shape index (κ3) is 4.04. The minimum absolute atomic E-state index is 0.145. The van der Waals surface area contributed by atoms with Crippen LogP contribution in [-0.4, -0.2) is 18.3 Å². The number of hydrogen-bond acceptors (Lipinski definition) is 4. The van der Waals surface area contributed by atoms with Gasteiger partial charge in [-0.1, -0.05) is 0 Å². The quantitative estimate of drug-likeness (QED) is 0.808. The molecule has 1 heterocycles. The van der Waals surface area contributed by atoms with Crippen molar-refractivity contribution in [3.63, 3.8) is 0 Å². The molecule has 0 radical (unpaired) electrons. The van der Waals surface area contributed by atoms with E-state index >= 15 is 0 Å². The second kappa shape index (κ2) is 6.26. The highest BCUT2D eigenvalue weighted by atomic mass is 32.2. The van der Waals surface area contributed by atoms with Crippen molar-refractivity contribution in [2.45, 2.75) is 11.1 Å². The minimum atomic E-state index is -4.41. The molecule has 0 aliphatic carbocycles. The van der Waals surface area contributed by atoms with E-state index in [1.54, 1.807) is 23.9 Å². The monoisotopic (exact) mass is 313 g/mol. The van der Waals surface area contributed by atoms with Gasteiger partial charge in [-0.05, 0) is 42.7 Å². The van der Waals surface area contributed by atoms with Gasteiger partial charge in [0.1, 0.15) is 11.6 Å². The summed E-state index contributed by atoms with van der Waals surface area (Å²) in [5.74, 6) is 0.305. The number of anilines is 3. The van der Waals surface area contributed by atoms with Crippen molar-refractivity contribution in [3.05, 3.63) is 42.0 Å². The molecular weight excluding hydrogens is 299 g/mol. The summed E-state index contributed by atoms with van der Waals surface area (Å²) in [5.41, 5.74) is -0.0632. The molecule has 1 aromatic heterocycles. The highest BCUT2D eigenvalue weighted by Gasteiger charge is 2.31. The maximum Gasteiger partial charge on any atom is 0.416 e. The van der Waals surface area contributed by atoms with E-state index in [1.807, 2.05) is 18.4 Å². The molecule has 0 fully saturated rings. The highest BCUT2D eigenvalue weighted by molar-refractivity contribution is 7.98. The second-order valence-corrected chi connectivity index (χ2v) is 5.11. The smallest absolute Gasteiger partial charge is 0.373 e. The highest BCUT2D eigenvalue weighted by Crippen LogP contribution is 2.32. The van der Waals surface area contributed by atoms with Crippen LogP contribution in [0.1, 0.15) is 5.56 Å². The fraction of sp³-hybridized carbons (Fsp3) is 0.214. The topological polar surface area (TPSA) is 37.0 Å². The number of pyridine rings is 1. The molecule has 2 rings (SSSR count). The van der Waals surface area contributed by atoms with Gasteiger partial charge in [0.2, 0.25) is 0 Å². The molecule has 0 aliphatic heterocycles.